The number of ether oxygens (including phenoxy) is 1. The fourth-order valence-corrected chi connectivity index (χ4v) is 3.69. The van der Waals surface area contributed by atoms with Crippen molar-refractivity contribution in [2.45, 2.75) is 45.7 Å². The lowest BCUT2D eigenvalue weighted by molar-refractivity contribution is -0.0686. The lowest BCUT2D eigenvalue weighted by atomic mass is 9.92. The lowest BCUT2D eigenvalue weighted by Crippen LogP contribution is -2.44. The van der Waals surface area contributed by atoms with Gasteiger partial charge in [0.15, 0.2) is 0 Å². The quantitative estimate of drug-likeness (QED) is 0.466. The summed E-state index contributed by atoms with van der Waals surface area (Å²) < 4.78 is 7.50. The molecule has 0 aliphatic carbocycles. The van der Waals surface area contributed by atoms with E-state index in [4.69, 9.17) is 4.74 Å². The predicted octanol–water partition coefficient (Wildman–Crippen LogP) is 2.94. The Hall–Kier alpha value is 1.42. The van der Waals surface area contributed by atoms with Gasteiger partial charge < -0.3 is 4.74 Å². The Balaban J connectivity index is 2.02. The summed E-state index contributed by atoms with van der Waals surface area (Å²) >= 11 is 5.08. The van der Waals surface area contributed by atoms with E-state index in [0.717, 1.165) is 7.85 Å². The van der Waals surface area contributed by atoms with Crippen LogP contribution in [-0.2, 0) is 4.74 Å². The second-order valence-electron chi connectivity index (χ2n) is 3.40. The molecule has 0 saturated carbocycles. The molecule has 3 heteroatoms. The minimum Gasteiger partial charge on any atom is -0.373 e. The van der Waals surface area contributed by atoms with Crippen LogP contribution in [0.3, 0.4) is 0 Å². The number of fused-ring (bicyclic) bond motifs is 2. The fraction of sp³-hybridized carbons (Fsp3) is 1.00. The molecule has 2 saturated heterocycles. The normalized spacial score (nSPS) is 50.7. The van der Waals surface area contributed by atoms with Gasteiger partial charge in [-0.05, 0) is 25.7 Å². The summed E-state index contributed by atoms with van der Waals surface area (Å²) in [6.45, 7) is 0. The largest absolute Gasteiger partial charge is 0.373 e. The molecule has 2 heterocycles. The molecule has 2 bridgehead atoms. The zero-order valence-corrected chi connectivity index (χ0v) is 10.6. The third-order valence-electron chi connectivity index (χ3n) is 2.61. The standard InChI is InChI=1S/C8H12I2O/c9-5-1-3-7-6(10)2-4-8(5)11-7/h5-8H,1-4H2/t5-,6-,7-,8+/m0/s1. The Labute approximate surface area is 94.9 Å². The number of rotatable bonds is 0. The minimum atomic E-state index is 0.584. The Morgan fingerprint density at radius 2 is 1.27 bits per heavy atom. The van der Waals surface area contributed by atoms with Crippen molar-refractivity contribution in [2.75, 3.05) is 0 Å². The molecule has 2 fully saturated rings. The molecular formula is C8H12I2O. The highest BCUT2D eigenvalue weighted by atomic mass is 127. The van der Waals surface area contributed by atoms with E-state index >= 15 is 0 Å². The molecule has 0 amide bonds. The van der Waals surface area contributed by atoms with E-state index in [1.54, 1.807) is 0 Å². The van der Waals surface area contributed by atoms with Gasteiger partial charge in [0.25, 0.3) is 0 Å². The first-order valence-corrected chi connectivity index (χ1v) is 6.70. The minimum absolute atomic E-state index is 0.584. The van der Waals surface area contributed by atoms with Gasteiger partial charge in [-0.1, -0.05) is 45.2 Å². The summed E-state index contributed by atoms with van der Waals surface area (Å²) in [5.74, 6) is 0. The summed E-state index contributed by atoms with van der Waals surface area (Å²) in [6, 6.07) is 0. The van der Waals surface area contributed by atoms with Crippen LogP contribution in [0.2, 0.25) is 0 Å². The van der Waals surface area contributed by atoms with E-state index in [2.05, 4.69) is 45.2 Å². The third-order valence-corrected chi connectivity index (χ3v) is 5.46. The van der Waals surface area contributed by atoms with Crippen LogP contribution < -0.4 is 0 Å². The maximum Gasteiger partial charge on any atom is 0.0697 e. The van der Waals surface area contributed by atoms with E-state index in [-0.39, 0.29) is 0 Å². The summed E-state index contributed by atoms with van der Waals surface area (Å²) in [5, 5.41) is 0. The topological polar surface area (TPSA) is 9.23 Å². The van der Waals surface area contributed by atoms with Crippen LogP contribution >= 0.6 is 45.2 Å². The molecule has 2 rings (SSSR count). The molecule has 11 heavy (non-hydrogen) atoms. The average molecular weight is 378 g/mol. The molecule has 64 valence electrons. The van der Waals surface area contributed by atoms with Crippen LogP contribution in [0.15, 0.2) is 0 Å². The summed E-state index contributed by atoms with van der Waals surface area (Å²) in [7, 11) is 0. The maximum atomic E-state index is 5.93. The van der Waals surface area contributed by atoms with Crippen LogP contribution in [0.1, 0.15) is 25.7 Å². The summed E-state index contributed by atoms with van der Waals surface area (Å²) in [6.07, 6.45) is 6.49. The second kappa shape index (κ2) is 3.65. The molecule has 4 atom stereocenters. The van der Waals surface area contributed by atoms with Crippen LogP contribution in [0.25, 0.3) is 0 Å². The second-order valence-corrected chi connectivity index (χ2v) is 6.60. The van der Waals surface area contributed by atoms with Gasteiger partial charge in [0.1, 0.15) is 0 Å². The predicted molar refractivity (Wildman–Crippen MR) is 62.7 cm³/mol. The van der Waals surface area contributed by atoms with E-state index in [9.17, 15) is 0 Å². The van der Waals surface area contributed by atoms with Gasteiger partial charge in [0, 0.05) is 7.85 Å². The lowest BCUT2D eigenvalue weighted by Gasteiger charge is -2.41. The highest BCUT2D eigenvalue weighted by molar-refractivity contribution is 14.1. The van der Waals surface area contributed by atoms with Crippen LogP contribution in [0, 0.1) is 0 Å². The molecule has 0 aromatic carbocycles. The molecule has 2 aliphatic heterocycles. The monoisotopic (exact) mass is 378 g/mol. The highest BCUT2D eigenvalue weighted by Crippen LogP contribution is 2.37. The van der Waals surface area contributed by atoms with Gasteiger partial charge in [-0.15, -0.1) is 0 Å². The Morgan fingerprint density at radius 1 is 0.818 bits per heavy atom. The molecule has 0 spiro atoms. The molecule has 0 radical (unpaired) electrons. The van der Waals surface area contributed by atoms with E-state index in [1.165, 1.54) is 25.7 Å². The van der Waals surface area contributed by atoms with Crippen molar-refractivity contribution in [3.63, 3.8) is 0 Å². The summed E-state index contributed by atoms with van der Waals surface area (Å²) in [5.41, 5.74) is 0. The number of hydrogen-bond donors (Lipinski definition) is 0. The van der Waals surface area contributed by atoms with E-state index in [1.807, 2.05) is 0 Å². The maximum absolute atomic E-state index is 5.93. The molecule has 0 unspecified atom stereocenters. The molecule has 2 aliphatic rings. The van der Waals surface area contributed by atoms with Crippen molar-refractivity contribution in [3.8, 4) is 0 Å². The average Bonchev–Trinajstić information content (AvgIpc) is 2.02. The van der Waals surface area contributed by atoms with Gasteiger partial charge in [-0.25, -0.2) is 0 Å². The fourth-order valence-electron chi connectivity index (χ4n) is 1.91. The number of halogens is 2. The van der Waals surface area contributed by atoms with E-state index in [0.29, 0.717) is 12.2 Å². The van der Waals surface area contributed by atoms with Crippen molar-refractivity contribution >= 4 is 45.2 Å². The Kier molecular flexibility index (Phi) is 2.99. The first-order valence-electron chi connectivity index (χ1n) is 4.21. The molecule has 0 aromatic rings. The van der Waals surface area contributed by atoms with Crippen LogP contribution in [0.5, 0.6) is 0 Å². The van der Waals surface area contributed by atoms with Gasteiger partial charge >= 0.3 is 0 Å². The van der Waals surface area contributed by atoms with Crippen LogP contribution in [0.4, 0.5) is 0 Å². The Bertz CT molecular complexity index is 135. The molecular weight excluding hydrogens is 366 g/mol. The van der Waals surface area contributed by atoms with Crippen LogP contribution in [-0.4, -0.2) is 20.1 Å². The highest BCUT2D eigenvalue weighted by Gasteiger charge is 2.36. The van der Waals surface area contributed by atoms with Gasteiger partial charge in [0.2, 0.25) is 0 Å². The smallest absolute Gasteiger partial charge is 0.0697 e. The molecule has 0 aromatic heterocycles. The van der Waals surface area contributed by atoms with Crippen molar-refractivity contribution in [2.24, 2.45) is 0 Å². The SMILES string of the molecule is I[C@H]1CC[C@H]2O[C@H]1CC[C@@H]2I. The number of hydrogen-bond acceptors (Lipinski definition) is 1. The zero-order valence-electron chi connectivity index (χ0n) is 6.30. The van der Waals surface area contributed by atoms with Crippen molar-refractivity contribution in [1.82, 2.24) is 0 Å². The first kappa shape index (κ1) is 8.99. The van der Waals surface area contributed by atoms with Gasteiger partial charge in [0.05, 0.1) is 12.2 Å². The van der Waals surface area contributed by atoms with Crippen molar-refractivity contribution < 1.29 is 4.74 Å². The Morgan fingerprint density at radius 3 is 1.73 bits per heavy atom. The third kappa shape index (κ3) is 1.85. The zero-order chi connectivity index (χ0) is 7.84. The summed E-state index contributed by atoms with van der Waals surface area (Å²) in [4.78, 5) is 0. The van der Waals surface area contributed by atoms with Crippen molar-refractivity contribution in [3.05, 3.63) is 0 Å². The van der Waals surface area contributed by atoms with Gasteiger partial charge in [-0.3, -0.25) is 0 Å². The number of alkyl halides is 2. The molecule has 0 N–H and O–H groups in total. The van der Waals surface area contributed by atoms with Gasteiger partial charge in [-0.2, -0.15) is 0 Å². The van der Waals surface area contributed by atoms with Crippen molar-refractivity contribution in [1.29, 1.82) is 0 Å². The first-order chi connectivity index (χ1) is 5.27. The molecule has 1 nitrogen and oxygen atoms in total. The van der Waals surface area contributed by atoms with E-state index < -0.39 is 0 Å².